The van der Waals surface area contributed by atoms with Gasteiger partial charge in [0.05, 0.1) is 5.60 Å². The number of ether oxygens (including phenoxy) is 1. The summed E-state index contributed by atoms with van der Waals surface area (Å²) in [5.74, 6) is 0.803. The summed E-state index contributed by atoms with van der Waals surface area (Å²) < 4.78 is 5.70. The molecule has 0 aromatic heterocycles. The third-order valence-electron chi connectivity index (χ3n) is 3.63. The molecule has 0 bridgehead atoms. The highest BCUT2D eigenvalue weighted by Crippen LogP contribution is 2.23. The van der Waals surface area contributed by atoms with Crippen molar-refractivity contribution in [1.29, 1.82) is 0 Å². The van der Waals surface area contributed by atoms with Crippen LogP contribution in [0.15, 0.2) is 0 Å². The van der Waals surface area contributed by atoms with E-state index in [1.54, 1.807) is 0 Å². The monoisotopic (exact) mass is 229 g/mol. The zero-order valence-electron chi connectivity index (χ0n) is 12.1. The van der Waals surface area contributed by atoms with Gasteiger partial charge in [0, 0.05) is 13.2 Å². The Kier molecular flexibility index (Phi) is 8.04. The van der Waals surface area contributed by atoms with E-state index in [-0.39, 0.29) is 5.60 Å². The average molecular weight is 229 g/mol. The zero-order chi connectivity index (χ0) is 12.6. The van der Waals surface area contributed by atoms with Crippen LogP contribution in [0.2, 0.25) is 0 Å². The molecule has 0 aromatic carbocycles. The van der Waals surface area contributed by atoms with E-state index >= 15 is 0 Å². The highest BCUT2D eigenvalue weighted by atomic mass is 16.5. The summed E-state index contributed by atoms with van der Waals surface area (Å²) >= 11 is 0. The second-order valence-corrected chi connectivity index (χ2v) is 5.31. The minimum Gasteiger partial charge on any atom is -0.377 e. The van der Waals surface area contributed by atoms with E-state index in [1.807, 2.05) is 7.11 Å². The van der Waals surface area contributed by atoms with Gasteiger partial charge in [-0.25, -0.2) is 0 Å². The molecular formula is C14H31NO. The fourth-order valence-corrected chi connectivity index (χ4v) is 2.13. The first-order chi connectivity index (χ1) is 7.50. The van der Waals surface area contributed by atoms with Crippen LogP contribution in [0.25, 0.3) is 0 Å². The molecule has 0 aliphatic heterocycles. The van der Waals surface area contributed by atoms with Crippen LogP contribution < -0.4 is 5.32 Å². The molecule has 98 valence electrons. The molecule has 2 unspecified atom stereocenters. The van der Waals surface area contributed by atoms with Crippen LogP contribution in [0.5, 0.6) is 0 Å². The van der Waals surface area contributed by atoms with E-state index in [4.69, 9.17) is 4.74 Å². The quantitative estimate of drug-likeness (QED) is 0.652. The highest BCUT2D eigenvalue weighted by molar-refractivity contribution is 4.88. The van der Waals surface area contributed by atoms with Gasteiger partial charge in [0.1, 0.15) is 0 Å². The van der Waals surface area contributed by atoms with Crippen molar-refractivity contribution in [3.63, 3.8) is 0 Å². The summed E-state index contributed by atoms with van der Waals surface area (Å²) in [6.07, 6.45) is 4.87. The molecule has 1 N–H and O–H groups in total. The summed E-state index contributed by atoms with van der Waals surface area (Å²) in [4.78, 5) is 0. The molecule has 2 atom stereocenters. The fraction of sp³-hybridized carbons (Fsp3) is 1.00. The molecule has 0 rings (SSSR count). The SMILES string of the molecule is CCNC(CCCC(C)C)C(C)(CC)OC. The van der Waals surface area contributed by atoms with Gasteiger partial charge in [0.2, 0.25) is 0 Å². The van der Waals surface area contributed by atoms with Gasteiger partial charge in [-0.2, -0.15) is 0 Å². The van der Waals surface area contributed by atoms with Gasteiger partial charge in [-0.1, -0.05) is 40.5 Å². The summed E-state index contributed by atoms with van der Waals surface area (Å²) in [5.41, 5.74) is -0.0208. The van der Waals surface area contributed by atoms with Gasteiger partial charge in [0.25, 0.3) is 0 Å². The zero-order valence-corrected chi connectivity index (χ0v) is 12.1. The molecular weight excluding hydrogens is 198 g/mol. The van der Waals surface area contributed by atoms with Gasteiger partial charge < -0.3 is 10.1 Å². The van der Waals surface area contributed by atoms with Crippen molar-refractivity contribution in [2.75, 3.05) is 13.7 Å². The van der Waals surface area contributed by atoms with Crippen molar-refractivity contribution in [3.05, 3.63) is 0 Å². The van der Waals surface area contributed by atoms with Gasteiger partial charge in [0.15, 0.2) is 0 Å². The highest BCUT2D eigenvalue weighted by Gasteiger charge is 2.31. The Balaban J connectivity index is 4.24. The maximum atomic E-state index is 5.70. The predicted molar refractivity (Wildman–Crippen MR) is 71.9 cm³/mol. The van der Waals surface area contributed by atoms with Crippen LogP contribution in [0.1, 0.15) is 60.3 Å². The standard InChI is InChI=1S/C14H31NO/c1-7-14(5,16-6)13(15-8-2)11-9-10-12(3)4/h12-13,15H,7-11H2,1-6H3. The molecule has 0 fully saturated rings. The van der Waals surface area contributed by atoms with Crippen molar-refractivity contribution >= 4 is 0 Å². The number of hydrogen-bond acceptors (Lipinski definition) is 2. The second kappa shape index (κ2) is 8.08. The molecule has 0 saturated carbocycles. The van der Waals surface area contributed by atoms with E-state index in [0.717, 1.165) is 18.9 Å². The molecule has 0 spiro atoms. The van der Waals surface area contributed by atoms with E-state index in [0.29, 0.717) is 6.04 Å². The topological polar surface area (TPSA) is 21.3 Å². The summed E-state index contributed by atoms with van der Waals surface area (Å²) in [6, 6.07) is 0.478. The Bertz CT molecular complexity index is 164. The Hall–Kier alpha value is -0.0800. The lowest BCUT2D eigenvalue weighted by atomic mass is 9.88. The summed E-state index contributed by atoms with van der Waals surface area (Å²) in [5, 5.41) is 3.57. The van der Waals surface area contributed by atoms with Crippen LogP contribution in [0.4, 0.5) is 0 Å². The first-order valence-corrected chi connectivity index (χ1v) is 6.78. The van der Waals surface area contributed by atoms with E-state index in [9.17, 15) is 0 Å². The maximum Gasteiger partial charge on any atom is 0.0800 e. The predicted octanol–water partition coefficient (Wildman–Crippen LogP) is 3.61. The summed E-state index contributed by atoms with van der Waals surface area (Å²) in [7, 11) is 1.83. The molecule has 0 aliphatic rings. The van der Waals surface area contributed by atoms with Crippen LogP contribution >= 0.6 is 0 Å². The first-order valence-electron chi connectivity index (χ1n) is 6.78. The maximum absolute atomic E-state index is 5.70. The molecule has 0 amide bonds. The van der Waals surface area contributed by atoms with E-state index < -0.39 is 0 Å². The van der Waals surface area contributed by atoms with Crippen LogP contribution in [0, 0.1) is 5.92 Å². The lowest BCUT2D eigenvalue weighted by molar-refractivity contribution is -0.0313. The van der Waals surface area contributed by atoms with Crippen molar-refractivity contribution in [2.45, 2.75) is 71.9 Å². The minimum absolute atomic E-state index is 0.0208. The molecule has 2 nitrogen and oxygen atoms in total. The molecule has 0 aromatic rings. The number of nitrogens with one attached hydrogen (secondary N) is 1. The van der Waals surface area contributed by atoms with Crippen LogP contribution in [0.3, 0.4) is 0 Å². The molecule has 0 saturated heterocycles. The minimum atomic E-state index is -0.0208. The van der Waals surface area contributed by atoms with Crippen molar-refractivity contribution in [1.82, 2.24) is 5.32 Å². The molecule has 0 heterocycles. The number of likely N-dealkylation sites (N-methyl/N-ethyl adjacent to an activating group) is 1. The van der Waals surface area contributed by atoms with E-state index in [2.05, 4.69) is 39.9 Å². The smallest absolute Gasteiger partial charge is 0.0800 e. The molecule has 0 aliphatic carbocycles. The first kappa shape index (κ1) is 15.9. The Morgan fingerprint density at radius 2 is 1.81 bits per heavy atom. The molecule has 2 heteroatoms. The lowest BCUT2D eigenvalue weighted by Crippen LogP contribution is -2.49. The second-order valence-electron chi connectivity index (χ2n) is 5.31. The van der Waals surface area contributed by atoms with E-state index in [1.165, 1.54) is 19.3 Å². The third-order valence-corrected chi connectivity index (χ3v) is 3.63. The number of rotatable bonds is 9. The van der Waals surface area contributed by atoms with Gasteiger partial charge in [-0.15, -0.1) is 0 Å². The lowest BCUT2D eigenvalue weighted by Gasteiger charge is -2.36. The van der Waals surface area contributed by atoms with Gasteiger partial charge in [-0.3, -0.25) is 0 Å². The fourth-order valence-electron chi connectivity index (χ4n) is 2.13. The van der Waals surface area contributed by atoms with Crippen molar-refractivity contribution in [3.8, 4) is 0 Å². The Labute approximate surface area is 102 Å². The third kappa shape index (κ3) is 5.31. The molecule has 0 radical (unpaired) electrons. The molecule has 16 heavy (non-hydrogen) atoms. The Morgan fingerprint density at radius 1 is 1.19 bits per heavy atom. The normalized spacial score (nSPS) is 17.4. The Morgan fingerprint density at radius 3 is 2.19 bits per heavy atom. The van der Waals surface area contributed by atoms with Crippen molar-refractivity contribution in [2.24, 2.45) is 5.92 Å². The van der Waals surface area contributed by atoms with Gasteiger partial charge in [-0.05, 0) is 32.2 Å². The number of methoxy groups -OCH3 is 1. The average Bonchev–Trinajstić information content (AvgIpc) is 2.26. The summed E-state index contributed by atoms with van der Waals surface area (Å²) in [6.45, 7) is 12.2. The van der Waals surface area contributed by atoms with Crippen LogP contribution in [-0.2, 0) is 4.74 Å². The van der Waals surface area contributed by atoms with Crippen LogP contribution in [-0.4, -0.2) is 25.3 Å². The van der Waals surface area contributed by atoms with Gasteiger partial charge >= 0.3 is 0 Å². The largest absolute Gasteiger partial charge is 0.377 e. The van der Waals surface area contributed by atoms with Crippen molar-refractivity contribution < 1.29 is 4.74 Å². The number of hydrogen-bond donors (Lipinski definition) is 1.